The van der Waals surface area contributed by atoms with Crippen LogP contribution in [0.15, 0.2) is 139 Å². The summed E-state index contributed by atoms with van der Waals surface area (Å²) < 4.78 is 0. The average Bonchev–Trinajstić information content (AvgIpc) is 3.54. The summed E-state index contributed by atoms with van der Waals surface area (Å²) in [4.78, 5) is 2.51. The molecule has 2 radical (unpaired) electrons. The Morgan fingerprint density at radius 3 is 1.98 bits per heavy atom. The summed E-state index contributed by atoms with van der Waals surface area (Å²) in [6.45, 7) is 16.3. The zero-order valence-corrected chi connectivity index (χ0v) is 32.3. The number of aryl methyl sites for hydroxylation is 1. The molecule has 0 saturated carbocycles. The van der Waals surface area contributed by atoms with Crippen molar-refractivity contribution in [3.63, 3.8) is 0 Å². The van der Waals surface area contributed by atoms with E-state index in [9.17, 15) is 0 Å². The van der Waals surface area contributed by atoms with E-state index in [2.05, 4.69) is 181 Å². The molecule has 0 fully saturated rings. The van der Waals surface area contributed by atoms with Gasteiger partial charge in [-0.1, -0.05) is 148 Å². The number of fused-ring (bicyclic) bond motifs is 12. The standard InChI is InChI=1S/C51H43B2N/c1-8-33(32-17-10-9-11-18-32)46(29-52)54-44-28-42-38(36-19-12-14-23-40(36)50(42,4)5)27-43(44)53-48-39(25-30(2)26-45(48)54)34-21-16-22-35(31(34)3)47-49(53)37-20-13-15-24-41(37)51(47,6)7/h8-29H,1-7H3/b33-8-,46-29+. The van der Waals surface area contributed by atoms with Crippen molar-refractivity contribution in [1.29, 1.82) is 0 Å². The van der Waals surface area contributed by atoms with Crippen molar-refractivity contribution in [1.82, 2.24) is 0 Å². The molecule has 0 amide bonds. The number of hydrogen-bond acceptors (Lipinski definition) is 1. The number of allylic oxidation sites excluding steroid dienone is 3. The van der Waals surface area contributed by atoms with Crippen LogP contribution >= 0.6 is 0 Å². The van der Waals surface area contributed by atoms with Crippen molar-refractivity contribution < 1.29 is 0 Å². The molecule has 54 heavy (non-hydrogen) atoms. The van der Waals surface area contributed by atoms with Crippen molar-refractivity contribution in [3.05, 3.63) is 184 Å². The maximum absolute atomic E-state index is 6.89. The quantitative estimate of drug-likeness (QED) is 0.132. The molecule has 2 heterocycles. The van der Waals surface area contributed by atoms with Gasteiger partial charge in [-0.15, -0.1) is 5.98 Å². The fourth-order valence-electron chi connectivity index (χ4n) is 10.7. The molecular formula is C51H43B2N. The van der Waals surface area contributed by atoms with Crippen molar-refractivity contribution in [2.45, 2.75) is 59.3 Å². The summed E-state index contributed by atoms with van der Waals surface area (Å²) >= 11 is 0. The summed E-state index contributed by atoms with van der Waals surface area (Å²) in [5, 5.41) is 0. The predicted octanol–water partition coefficient (Wildman–Crippen LogP) is 11.2. The molecule has 0 unspecified atom stereocenters. The second-order valence-corrected chi connectivity index (χ2v) is 16.7. The molecule has 6 aromatic carbocycles. The SMILES string of the molecule is [B]/C=C(\C(=C/C)c1ccccc1)N1c2cc3c(cc2B2C4=C(c5cccc(c5C)-c5cc(C)cc1c52)C(C)(C)c1ccccc14)-c1ccccc1C3(C)C. The zero-order valence-electron chi connectivity index (χ0n) is 32.3. The van der Waals surface area contributed by atoms with Crippen LogP contribution in [-0.4, -0.2) is 14.6 Å². The Labute approximate surface area is 322 Å². The third-order valence-electron chi connectivity index (χ3n) is 13.1. The first kappa shape index (κ1) is 33.1. The lowest BCUT2D eigenvalue weighted by Crippen LogP contribution is -2.53. The van der Waals surface area contributed by atoms with E-state index in [4.69, 9.17) is 7.85 Å². The van der Waals surface area contributed by atoms with Crippen molar-refractivity contribution in [3.8, 4) is 22.3 Å². The minimum Gasteiger partial charge on any atom is -0.312 e. The van der Waals surface area contributed by atoms with Gasteiger partial charge in [-0.2, -0.15) is 0 Å². The zero-order chi connectivity index (χ0) is 37.3. The van der Waals surface area contributed by atoms with Crippen LogP contribution in [0, 0.1) is 13.8 Å². The van der Waals surface area contributed by atoms with E-state index in [0.29, 0.717) is 0 Å². The molecule has 2 bridgehead atoms. The topological polar surface area (TPSA) is 3.24 Å². The fraction of sp³-hybridized carbons (Fsp3) is 0.176. The molecule has 0 atom stereocenters. The molecule has 10 rings (SSSR count). The van der Waals surface area contributed by atoms with Crippen LogP contribution in [0.2, 0.25) is 0 Å². The molecule has 0 saturated heterocycles. The van der Waals surface area contributed by atoms with Gasteiger partial charge in [-0.3, -0.25) is 0 Å². The first-order chi connectivity index (χ1) is 26.1. The van der Waals surface area contributed by atoms with Gasteiger partial charge in [0.25, 0.3) is 0 Å². The Morgan fingerprint density at radius 1 is 0.611 bits per heavy atom. The Kier molecular flexibility index (Phi) is 7.03. The lowest BCUT2D eigenvalue weighted by Gasteiger charge is -2.42. The molecule has 0 aromatic heterocycles. The predicted molar refractivity (Wildman–Crippen MR) is 233 cm³/mol. The van der Waals surface area contributed by atoms with E-state index in [0.717, 1.165) is 16.8 Å². The van der Waals surface area contributed by atoms with Crippen LogP contribution in [0.4, 0.5) is 11.4 Å². The third kappa shape index (κ3) is 4.24. The van der Waals surface area contributed by atoms with Crippen LogP contribution in [-0.2, 0) is 10.8 Å². The average molecular weight is 692 g/mol. The molecule has 3 heteroatoms. The number of nitrogens with zero attached hydrogens (tertiary/aromatic N) is 1. The molecule has 2 aliphatic carbocycles. The van der Waals surface area contributed by atoms with E-state index in [1.165, 1.54) is 94.5 Å². The largest absolute Gasteiger partial charge is 0.312 e. The molecule has 4 aliphatic rings. The van der Waals surface area contributed by atoms with Gasteiger partial charge in [0.05, 0.1) is 0 Å². The summed E-state index contributed by atoms with van der Waals surface area (Å²) in [6, 6.07) is 45.8. The van der Waals surface area contributed by atoms with Gasteiger partial charge in [-0.25, -0.2) is 0 Å². The van der Waals surface area contributed by atoms with Crippen LogP contribution < -0.4 is 15.8 Å². The Morgan fingerprint density at radius 2 is 1.26 bits per heavy atom. The van der Waals surface area contributed by atoms with Gasteiger partial charge in [0.2, 0.25) is 6.71 Å². The van der Waals surface area contributed by atoms with Gasteiger partial charge < -0.3 is 4.90 Å². The number of rotatable bonds is 3. The summed E-state index contributed by atoms with van der Waals surface area (Å²) in [5.74, 6) is 1.84. The summed E-state index contributed by atoms with van der Waals surface area (Å²) in [5.41, 5.74) is 25.5. The highest BCUT2D eigenvalue weighted by atomic mass is 15.2. The van der Waals surface area contributed by atoms with Crippen LogP contribution in [0.3, 0.4) is 0 Å². The van der Waals surface area contributed by atoms with Gasteiger partial charge in [0.15, 0.2) is 0 Å². The van der Waals surface area contributed by atoms with E-state index in [1.807, 2.05) is 5.98 Å². The highest BCUT2D eigenvalue weighted by molar-refractivity contribution is 7.04. The minimum absolute atomic E-state index is 0.0104. The highest BCUT2D eigenvalue weighted by Crippen LogP contribution is 2.57. The molecule has 0 N–H and O–H groups in total. The monoisotopic (exact) mass is 691 g/mol. The highest BCUT2D eigenvalue weighted by Gasteiger charge is 2.49. The van der Waals surface area contributed by atoms with E-state index in [1.54, 1.807) is 0 Å². The molecule has 258 valence electrons. The van der Waals surface area contributed by atoms with Crippen LogP contribution in [0.1, 0.15) is 79.1 Å². The Bertz CT molecular complexity index is 2710. The fourth-order valence-corrected chi connectivity index (χ4v) is 10.7. The van der Waals surface area contributed by atoms with E-state index < -0.39 is 0 Å². The molecule has 2 aliphatic heterocycles. The second-order valence-electron chi connectivity index (χ2n) is 16.7. The molecule has 6 aromatic rings. The van der Waals surface area contributed by atoms with Crippen LogP contribution in [0.25, 0.3) is 38.9 Å². The lowest BCUT2D eigenvalue weighted by molar-refractivity contribution is 0.660. The number of benzene rings is 6. The number of hydrogen-bond donors (Lipinski definition) is 0. The maximum Gasteiger partial charge on any atom is 0.248 e. The van der Waals surface area contributed by atoms with Gasteiger partial charge in [0, 0.05) is 33.5 Å². The van der Waals surface area contributed by atoms with Crippen molar-refractivity contribution in [2.24, 2.45) is 0 Å². The first-order valence-corrected chi connectivity index (χ1v) is 19.4. The normalized spacial score (nSPS) is 16.9. The first-order valence-electron chi connectivity index (χ1n) is 19.4. The lowest BCUT2D eigenvalue weighted by atomic mass is 9.32. The van der Waals surface area contributed by atoms with E-state index >= 15 is 0 Å². The third-order valence-corrected chi connectivity index (χ3v) is 13.1. The summed E-state index contributed by atoms with van der Waals surface area (Å²) in [6.07, 6.45) is 2.22. The van der Waals surface area contributed by atoms with E-state index in [-0.39, 0.29) is 17.5 Å². The maximum atomic E-state index is 6.89. The summed E-state index contributed by atoms with van der Waals surface area (Å²) in [7, 11) is 6.89. The van der Waals surface area contributed by atoms with Crippen molar-refractivity contribution in [2.75, 3.05) is 4.90 Å². The Balaban J connectivity index is 1.40. The smallest absolute Gasteiger partial charge is 0.248 e. The second kappa shape index (κ2) is 11.5. The Hall–Kier alpha value is -5.53. The minimum atomic E-state index is -0.186. The van der Waals surface area contributed by atoms with Crippen molar-refractivity contribution >= 4 is 53.5 Å². The molecule has 0 spiro atoms. The van der Waals surface area contributed by atoms with Crippen LogP contribution in [0.5, 0.6) is 0 Å². The van der Waals surface area contributed by atoms with Gasteiger partial charge in [0.1, 0.15) is 7.85 Å². The van der Waals surface area contributed by atoms with Gasteiger partial charge >= 0.3 is 0 Å². The number of anilines is 2. The van der Waals surface area contributed by atoms with Gasteiger partial charge in [-0.05, 0) is 116 Å². The molecule has 1 nitrogen and oxygen atoms in total. The molecular weight excluding hydrogens is 648 g/mol.